The molecule has 22 heavy (non-hydrogen) atoms. The van der Waals surface area contributed by atoms with Gasteiger partial charge in [0, 0.05) is 23.9 Å². The van der Waals surface area contributed by atoms with Crippen molar-refractivity contribution in [1.29, 1.82) is 0 Å². The number of allylic oxidation sites excluding steroid dienone is 1. The van der Waals surface area contributed by atoms with Gasteiger partial charge in [-0.1, -0.05) is 36.4 Å². The van der Waals surface area contributed by atoms with Crippen molar-refractivity contribution in [3.8, 4) is 0 Å². The number of hydrogen-bond acceptors (Lipinski definition) is 4. The van der Waals surface area contributed by atoms with Crippen LogP contribution >= 0.6 is 0 Å². The Labute approximate surface area is 126 Å². The van der Waals surface area contributed by atoms with Crippen LogP contribution in [0.3, 0.4) is 0 Å². The molecule has 1 aliphatic rings. The lowest BCUT2D eigenvalue weighted by atomic mass is 9.88. The van der Waals surface area contributed by atoms with Crippen LogP contribution < -0.4 is 0 Å². The average molecular weight is 292 g/mol. The van der Waals surface area contributed by atoms with Gasteiger partial charge in [-0.05, 0) is 17.7 Å². The number of non-ortho nitro benzene ring substituents is 1. The van der Waals surface area contributed by atoms with E-state index in [-0.39, 0.29) is 17.4 Å². The normalized spacial score (nSPS) is 17.2. The second kappa shape index (κ2) is 5.73. The third-order valence-electron chi connectivity index (χ3n) is 3.51. The van der Waals surface area contributed by atoms with E-state index in [9.17, 15) is 14.9 Å². The Morgan fingerprint density at radius 2 is 1.68 bits per heavy atom. The molecule has 1 unspecified atom stereocenters. The number of carbonyl (C=O) groups excluding carboxylic acids is 1. The van der Waals surface area contributed by atoms with E-state index >= 15 is 0 Å². The molecule has 0 fully saturated rings. The topological polar surface area (TPSA) is 72.6 Å². The minimum atomic E-state index is -0.471. The zero-order chi connectivity index (χ0) is 15.5. The number of aliphatic imine (C=N–C) groups is 1. The number of nitrogens with zero attached hydrogens (tertiary/aromatic N) is 2. The predicted octanol–water partition coefficient (Wildman–Crippen LogP) is 3.26. The SMILES string of the molecule is O=C1C(c2ccc([N+](=O)[O-])cc2)=NC=CC1c1ccccc1. The molecule has 2 aromatic rings. The van der Waals surface area contributed by atoms with Gasteiger partial charge in [0.1, 0.15) is 5.71 Å². The molecule has 3 rings (SSSR count). The molecule has 1 aliphatic heterocycles. The van der Waals surface area contributed by atoms with Gasteiger partial charge in [-0.15, -0.1) is 0 Å². The van der Waals surface area contributed by atoms with Crippen molar-refractivity contribution in [2.45, 2.75) is 5.92 Å². The number of carbonyl (C=O) groups is 1. The maximum Gasteiger partial charge on any atom is 0.269 e. The molecule has 0 aromatic heterocycles. The van der Waals surface area contributed by atoms with Crippen LogP contribution in [0.1, 0.15) is 17.0 Å². The molecule has 0 aliphatic carbocycles. The van der Waals surface area contributed by atoms with Crippen LogP contribution in [0, 0.1) is 10.1 Å². The van der Waals surface area contributed by atoms with E-state index in [1.54, 1.807) is 24.4 Å². The molecule has 0 spiro atoms. The molecule has 1 atom stereocenters. The summed E-state index contributed by atoms with van der Waals surface area (Å²) in [6.45, 7) is 0. The summed E-state index contributed by atoms with van der Waals surface area (Å²) in [4.78, 5) is 27.0. The first kappa shape index (κ1) is 13.9. The van der Waals surface area contributed by atoms with Crippen molar-refractivity contribution in [2.75, 3.05) is 0 Å². The Hall–Kier alpha value is -3.08. The van der Waals surface area contributed by atoms with Gasteiger partial charge in [0.2, 0.25) is 0 Å². The van der Waals surface area contributed by atoms with Gasteiger partial charge in [-0.3, -0.25) is 19.9 Å². The lowest BCUT2D eigenvalue weighted by Crippen LogP contribution is -2.24. The monoisotopic (exact) mass is 292 g/mol. The summed E-state index contributed by atoms with van der Waals surface area (Å²) >= 11 is 0. The lowest BCUT2D eigenvalue weighted by Gasteiger charge is -2.16. The zero-order valence-corrected chi connectivity index (χ0v) is 11.5. The van der Waals surface area contributed by atoms with Gasteiger partial charge < -0.3 is 0 Å². The van der Waals surface area contributed by atoms with Crippen LogP contribution in [0.15, 0.2) is 71.9 Å². The standard InChI is InChI=1S/C17H12N2O3/c20-17-15(12-4-2-1-3-5-12)10-11-18-16(17)13-6-8-14(9-7-13)19(21)22/h1-11,15H. The molecule has 108 valence electrons. The lowest BCUT2D eigenvalue weighted by molar-refractivity contribution is -0.384. The maximum atomic E-state index is 12.6. The molecule has 1 heterocycles. The predicted molar refractivity (Wildman–Crippen MR) is 83.0 cm³/mol. The van der Waals surface area contributed by atoms with E-state index in [1.165, 1.54) is 12.1 Å². The number of nitro benzene ring substituents is 1. The summed E-state index contributed by atoms with van der Waals surface area (Å²) in [5, 5.41) is 10.7. The Balaban J connectivity index is 1.92. The van der Waals surface area contributed by atoms with Crippen LogP contribution in [-0.4, -0.2) is 16.4 Å². The largest absolute Gasteiger partial charge is 0.291 e. The Morgan fingerprint density at radius 1 is 1.00 bits per heavy atom. The first-order chi connectivity index (χ1) is 10.7. The van der Waals surface area contributed by atoms with E-state index in [0.29, 0.717) is 11.3 Å². The number of nitro groups is 1. The first-order valence-corrected chi connectivity index (χ1v) is 6.75. The Kier molecular flexibility index (Phi) is 3.62. The molecular formula is C17H12N2O3. The fourth-order valence-electron chi connectivity index (χ4n) is 2.38. The van der Waals surface area contributed by atoms with Gasteiger partial charge in [0.15, 0.2) is 5.78 Å². The Morgan fingerprint density at radius 3 is 2.32 bits per heavy atom. The summed E-state index contributed by atoms with van der Waals surface area (Å²) in [5.41, 5.74) is 1.80. The molecular weight excluding hydrogens is 280 g/mol. The molecule has 0 radical (unpaired) electrons. The minimum Gasteiger partial charge on any atom is -0.291 e. The minimum absolute atomic E-state index is 0.0113. The second-order valence-electron chi connectivity index (χ2n) is 4.88. The van der Waals surface area contributed by atoms with Gasteiger partial charge in [0.25, 0.3) is 5.69 Å². The third-order valence-corrected chi connectivity index (χ3v) is 3.51. The van der Waals surface area contributed by atoms with Crippen LogP contribution in [0.25, 0.3) is 0 Å². The van der Waals surface area contributed by atoms with Crippen LogP contribution in [0.5, 0.6) is 0 Å². The van der Waals surface area contributed by atoms with E-state index in [1.807, 2.05) is 30.3 Å². The van der Waals surface area contributed by atoms with Crippen molar-refractivity contribution < 1.29 is 9.72 Å². The van der Waals surface area contributed by atoms with Crippen molar-refractivity contribution >= 4 is 17.2 Å². The summed E-state index contributed by atoms with van der Waals surface area (Å²) in [5.74, 6) is -0.480. The summed E-state index contributed by atoms with van der Waals surface area (Å²) in [6, 6.07) is 15.3. The van der Waals surface area contributed by atoms with Crippen molar-refractivity contribution in [3.63, 3.8) is 0 Å². The molecule has 0 saturated carbocycles. The quantitative estimate of drug-likeness (QED) is 0.643. The van der Waals surface area contributed by atoms with E-state index in [4.69, 9.17) is 0 Å². The number of rotatable bonds is 3. The third kappa shape index (κ3) is 2.56. The summed E-state index contributed by atoms with van der Waals surface area (Å²) in [7, 11) is 0. The molecule has 0 N–H and O–H groups in total. The highest BCUT2D eigenvalue weighted by Gasteiger charge is 2.26. The van der Waals surface area contributed by atoms with Crippen LogP contribution in [-0.2, 0) is 4.79 Å². The highest BCUT2D eigenvalue weighted by atomic mass is 16.6. The van der Waals surface area contributed by atoms with Crippen LogP contribution in [0.2, 0.25) is 0 Å². The molecule has 5 nitrogen and oxygen atoms in total. The summed E-state index contributed by atoms with van der Waals surface area (Å²) in [6.07, 6.45) is 3.36. The van der Waals surface area contributed by atoms with Gasteiger partial charge in [0.05, 0.1) is 10.8 Å². The number of benzene rings is 2. The number of Topliss-reactive ketones (excluding diaryl/α,β-unsaturated/α-hetero) is 1. The molecule has 5 heteroatoms. The fourth-order valence-corrected chi connectivity index (χ4v) is 2.38. The highest BCUT2D eigenvalue weighted by molar-refractivity contribution is 6.48. The van der Waals surface area contributed by atoms with Crippen molar-refractivity contribution in [1.82, 2.24) is 0 Å². The highest BCUT2D eigenvalue weighted by Crippen LogP contribution is 2.24. The zero-order valence-electron chi connectivity index (χ0n) is 11.5. The fraction of sp³-hybridized carbons (Fsp3) is 0.0588. The maximum absolute atomic E-state index is 12.6. The molecule has 2 aromatic carbocycles. The van der Waals surface area contributed by atoms with E-state index in [0.717, 1.165) is 5.56 Å². The van der Waals surface area contributed by atoms with Gasteiger partial charge in [-0.25, -0.2) is 0 Å². The smallest absolute Gasteiger partial charge is 0.269 e. The van der Waals surface area contributed by atoms with E-state index in [2.05, 4.69) is 4.99 Å². The second-order valence-corrected chi connectivity index (χ2v) is 4.88. The van der Waals surface area contributed by atoms with Crippen molar-refractivity contribution in [2.24, 2.45) is 4.99 Å². The molecule has 0 amide bonds. The first-order valence-electron chi connectivity index (χ1n) is 6.75. The number of ketones is 1. The van der Waals surface area contributed by atoms with Crippen molar-refractivity contribution in [3.05, 3.63) is 88.1 Å². The number of hydrogen-bond donors (Lipinski definition) is 0. The van der Waals surface area contributed by atoms with E-state index < -0.39 is 4.92 Å². The molecule has 0 saturated heterocycles. The Bertz CT molecular complexity index is 777. The van der Waals surface area contributed by atoms with Gasteiger partial charge >= 0.3 is 0 Å². The summed E-state index contributed by atoms with van der Waals surface area (Å²) < 4.78 is 0. The molecule has 0 bridgehead atoms. The van der Waals surface area contributed by atoms with Gasteiger partial charge in [-0.2, -0.15) is 0 Å². The average Bonchev–Trinajstić information content (AvgIpc) is 2.56. The van der Waals surface area contributed by atoms with Crippen LogP contribution in [0.4, 0.5) is 5.69 Å².